The minimum Gasteiger partial charge on any atom is -0.354 e. The first-order valence-electron chi connectivity index (χ1n) is 6.32. The molecule has 110 valence electrons. The highest BCUT2D eigenvalue weighted by Crippen LogP contribution is 2.28. The van der Waals surface area contributed by atoms with Gasteiger partial charge in [0.2, 0.25) is 5.91 Å². The quantitative estimate of drug-likeness (QED) is 0.636. The van der Waals surface area contributed by atoms with Gasteiger partial charge in [-0.05, 0) is 31.2 Å². The summed E-state index contributed by atoms with van der Waals surface area (Å²) in [6, 6.07) is 6.33. The Morgan fingerprint density at radius 3 is 2.40 bits per heavy atom. The number of nitrogens with zero attached hydrogens (tertiary/aromatic N) is 1. The van der Waals surface area contributed by atoms with E-state index in [2.05, 4.69) is 5.32 Å². The Kier molecular flexibility index (Phi) is 5.47. The Bertz CT molecular complexity index is 486. The summed E-state index contributed by atoms with van der Waals surface area (Å²) >= 11 is 0. The largest absolute Gasteiger partial charge is 0.354 e. The Morgan fingerprint density at radius 1 is 1.35 bits per heavy atom. The molecule has 0 bridgehead atoms. The molecule has 0 aromatic heterocycles. The molecule has 0 heterocycles. The Hall–Kier alpha value is -1.66. The molecule has 1 aromatic rings. The zero-order chi connectivity index (χ0) is 13.9. The average Bonchev–Trinajstić information content (AvgIpc) is 2.36. The van der Waals surface area contributed by atoms with Crippen LogP contribution in [-0.4, -0.2) is 22.9 Å². The van der Waals surface area contributed by atoms with Gasteiger partial charge in [0.15, 0.2) is 0 Å². The first kappa shape index (κ1) is 16.4. The predicted octanol–water partition coefficient (Wildman–Crippen LogP) is 1.56. The van der Waals surface area contributed by atoms with Crippen LogP contribution in [0.1, 0.15) is 24.8 Å². The zero-order valence-electron chi connectivity index (χ0n) is 11.0. The summed E-state index contributed by atoms with van der Waals surface area (Å²) in [5.41, 5.74) is 6.24. The van der Waals surface area contributed by atoms with Crippen molar-refractivity contribution < 1.29 is 9.72 Å². The van der Waals surface area contributed by atoms with E-state index in [0.29, 0.717) is 13.0 Å². The fourth-order valence-corrected chi connectivity index (χ4v) is 2.07. The van der Waals surface area contributed by atoms with Crippen molar-refractivity contribution >= 4 is 24.0 Å². The van der Waals surface area contributed by atoms with Crippen molar-refractivity contribution in [2.45, 2.75) is 31.2 Å². The van der Waals surface area contributed by atoms with Gasteiger partial charge in [-0.1, -0.05) is 12.1 Å². The number of rotatable bonds is 5. The lowest BCUT2D eigenvalue weighted by Crippen LogP contribution is -2.58. The van der Waals surface area contributed by atoms with E-state index in [1.807, 2.05) is 0 Å². The Morgan fingerprint density at radius 2 is 1.95 bits per heavy atom. The third kappa shape index (κ3) is 3.68. The minimum atomic E-state index is -0.671. The van der Waals surface area contributed by atoms with Crippen molar-refractivity contribution in [3.8, 4) is 0 Å². The number of hydrogen-bond acceptors (Lipinski definition) is 4. The lowest BCUT2D eigenvalue weighted by Gasteiger charge is -2.36. The fraction of sp³-hybridized carbons (Fsp3) is 0.462. The molecule has 1 aliphatic carbocycles. The number of halogens is 1. The summed E-state index contributed by atoms with van der Waals surface area (Å²) < 4.78 is 0. The number of benzene rings is 1. The van der Waals surface area contributed by atoms with Gasteiger partial charge in [-0.3, -0.25) is 14.9 Å². The Balaban J connectivity index is 0.00000200. The predicted molar refractivity (Wildman–Crippen MR) is 77.8 cm³/mol. The van der Waals surface area contributed by atoms with Crippen LogP contribution in [0.25, 0.3) is 0 Å². The van der Waals surface area contributed by atoms with E-state index in [1.165, 1.54) is 12.1 Å². The van der Waals surface area contributed by atoms with Crippen molar-refractivity contribution in [2.24, 2.45) is 5.73 Å². The SMILES string of the molecule is Cl.NC1(C(=O)NCCc2ccc([N+](=O)[O-])cc2)CCC1. The normalized spacial score (nSPS) is 15.7. The van der Waals surface area contributed by atoms with E-state index in [-0.39, 0.29) is 24.0 Å². The molecule has 1 saturated carbocycles. The highest BCUT2D eigenvalue weighted by molar-refractivity contribution is 5.87. The second-order valence-corrected chi connectivity index (χ2v) is 4.94. The lowest BCUT2D eigenvalue weighted by atomic mass is 9.77. The van der Waals surface area contributed by atoms with Crippen LogP contribution in [0, 0.1) is 10.1 Å². The van der Waals surface area contributed by atoms with Crippen molar-refractivity contribution in [3.63, 3.8) is 0 Å². The molecule has 1 fully saturated rings. The van der Waals surface area contributed by atoms with Crippen LogP contribution >= 0.6 is 12.4 Å². The van der Waals surface area contributed by atoms with E-state index in [4.69, 9.17) is 5.73 Å². The average molecular weight is 300 g/mol. The van der Waals surface area contributed by atoms with Crippen LogP contribution in [0.15, 0.2) is 24.3 Å². The highest BCUT2D eigenvalue weighted by atomic mass is 35.5. The van der Waals surface area contributed by atoms with Gasteiger partial charge in [0.1, 0.15) is 0 Å². The summed E-state index contributed by atoms with van der Waals surface area (Å²) in [7, 11) is 0. The molecule has 1 aliphatic rings. The molecule has 7 heteroatoms. The van der Waals surface area contributed by atoms with Gasteiger partial charge in [-0.2, -0.15) is 0 Å². The van der Waals surface area contributed by atoms with Crippen molar-refractivity contribution in [2.75, 3.05) is 6.54 Å². The van der Waals surface area contributed by atoms with Crippen LogP contribution in [-0.2, 0) is 11.2 Å². The van der Waals surface area contributed by atoms with Crippen LogP contribution in [0.4, 0.5) is 5.69 Å². The summed E-state index contributed by atoms with van der Waals surface area (Å²) in [6.45, 7) is 0.496. The zero-order valence-corrected chi connectivity index (χ0v) is 11.8. The van der Waals surface area contributed by atoms with Gasteiger partial charge in [-0.25, -0.2) is 0 Å². The summed E-state index contributed by atoms with van der Waals surface area (Å²) in [5, 5.41) is 13.3. The Labute approximate surface area is 123 Å². The number of amides is 1. The maximum absolute atomic E-state index is 11.8. The number of nitrogens with two attached hydrogens (primary N) is 1. The molecule has 0 aliphatic heterocycles. The monoisotopic (exact) mass is 299 g/mol. The summed E-state index contributed by atoms with van der Waals surface area (Å²) in [5.74, 6) is -0.0966. The number of hydrogen-bond donors (Lipinski definition) is 2. The van der Waals surface area contributed by atoms with Gasteiger partial charge in [0.05, 0.1) is 10.5 Å². The maximum atomic E-state index is 11.8. The van der Waals surface area contributed by atoms with Crippen molar-refractivity contribution in [1.82, 2.24) is 5.32 Å². The summed E-state index contributed by atoms with van der Waals surface area (Å²) in [6.07, 6.45) is 3.14. The molecule has 1 aromatic carbocycles. The highest BCUT2D eigenvalue weighted by Gasteiger charge is 2.39. The van der Waals surface area contributed by atoms with E-state index < -0.39 is 10.5 Å². The van der Waals surface area contributed by atoms with Gasteiger partial charge in [0, 0.05) is 18.7 Å². The minimum absolute atomic E-state index is 0. The third-order valence-electron chi connectivity index (χ3n) is 3.54. The molecule has 20 heavy (non-hydrogen) atoms. The first-order chi connectivity index (χ1) is 9.01. The molecule has 3 N–H and O–H groups in total. The van der Waals surface area contributed by atoms with Gasteiger partial charge >= 0.3 is 0 Å². The molecule has 0 unspecified atom stereocenters. The number of non-ortho nitro benzene ring substituents is 1. The topological polar surface area (TPSA) is 98.3 Å². The summed E-state index contributed by atoms with van der Waals surface area (Å²) in [4.78, 5) is 21.8. The van der Waals surface area contributed by atoms with Crippen LogP contribution < -0.4 is 11.1 Å². The molecule has 0 spiro atoms. The van der Waals surface area contributed by atoms with Gasteiger partial charge < -0.3 is 11.1 Å². The van der Waals surface area contributed by atoms with Crippen LogP contribution in [0.3, 0.4) is 0 Å². The smallest absolute Gasteiger partial charge is 0.269 e. The maximum Gasteiger partial charge on any atom is 0.269 e. The van der Waals surface area contributed by atoms with Gasteiger partial charge in [-0.15, -0.1) is 12.4 Å². The van der Waals surface area contributed by atoms with Crippen molar-refractivity contribution in [3.05, 3.63) is 39.9 Å². The molecule has 2 rings (SSSR count). The van der Waals surface area contributed by atoms with E-state index in [0.717, 1.165) is 24.8 Å². The number of nitro benzene ring substituents is 1. The second-order valence-electron chi connectivity index (χ2n) is 4.94. The fourth-order valence-electron chi connectivity index (χ4n) is 2.07. The van der Waals surface area contributed by atoms with Gasteiger partial charge in [0.25, 0.3) is 5.69 Å². The second kappa shape index (κ2) is 6.67. The number of nitrogens with one attached hydrogen (secondary N) is 1. The number of carbonyl (C=O) groups is 1. The third-order valence-corrected chi connectivity index (χ3v) is 3.54. The van der Waals surface area contributed by atoms with E-state index in [9.17, 15) is 14.9 Å². The standard InChI is InChI=1S/C13H17N3O3.ClH/c14-13(7-1-8-13)12(17)15-9-6-10-2-4-11(5-3-10)16(18)19;/h2-5H,1,6-9,14H2,(H,15,17);1H. The molecule has 6 nitrogen and oxygen atoms in total. The van der Waals surface area contributed by atoms with Crippen LogP contribution in [0.5, 0.6) is 0 Å². The van der Waals surface area contributed by atoms with E-state index in [1.54, 1.807) is 12.1 Å². The lowest BCUT2D eigenvalue weighted by molar-refractivity contribution is -0.384. The van der Waals surface area contributed by atoms with Crippen LogP contribution in [0.2, 0.25) is 0 Å². The molecule has 1 amide bonds. The molecular weight excluding hydrogens is 282 g/mol. The number of carbonyl (C=O) groups excluding carboxylic acids is 1. The molecule has 0 atom stereocenters. The first-order valence-corrected chi connectivity index (χ1v) is 6.32. The molecular formula is C13H18ClN3O3. The molecule has 0 saturated heterocycles. The number of nitro groups is 1. The van der Waals surface area contributed by atoms with Crippen molar-refractivity contribution in [1.29, 1.82) is 0 Å². The molecule has 0 radical (unpaired) electrons. The van der Waals surface area contributed by atoms with E-state index >= 15 is 0 Å².